The van der Waals surface area contributed by atoms with Gasteiger partial charge in [0.15, 0.2) is 0 Å². The summed E-state index contributed by atoms with van der Waals surface area (Å²) in [5, 5.41) is 3.59. The molecule has 1 aromatic carbocycles. The fraction of sp³-hybridized carbons (Fsp3) is 0.562. The molecule has 0 bridgehead atoms. The number of nitrogens with one attached hydrogen (secondary N) is 1. The lowest BCUT2D eigenvalue weighted by molar-refractivity contribution is -0.117. The number of carbonyl (C=O) groups is 1. The molecule has 20 heavy (non-hydrogen) atoms. The molecule has 0 aromatic heterocycles. The van der Waals surface area contributed by atoms with E-state index in [9.17, 15) is 4.79 Å². The summed E-state index contributed by atoms with van der Waals surface area (Å²) < 4.78 is 0. The maximum absolute atomic E-state index is 12.0. The van der Waals surface area contributed by atoms with Crippen LogP contribution >= 0.6 is 11.6 Å². The lowest BCUT2D eigenvalue weighted by Gasteiger charge is -2.33. The number of anilines is 1. The smallest absolute Gasteiger partial charge is 0.238 e. The van der Waals surface area contributed by atoms with Crippen molar-refractivity contribution < 1.29 is 4.79 Å². The molecule has 0 heterocycles. The third kappa shape index (κ3) is 4.50. The highest BCUT2D eigenvalue weighted by Gasteiger charge is 2.22. The highest BCUT2D eigenvalue weighted by molar-refractivity contribution is 6.30. The molecule has 1 N–H and O–H groups in total. The molecule has 1 saturated carbocycles. The first-order valence-electron chi connectivity index (χ1n) is 7.30. The van der Waals surface area contributed by atoms with E-state index in [1.54, 1.807) is 12.1 Å². The summed E-state index contributed by atoms with van der Waals surface area (Å²) in [6.45, 7) is 2.76. The Labute approximate surface area is 126 Å². The number of carbonyl (C=O) groups excluding carboxylic acids is 1. The molecule has 1 aliphatic rings. The third-order valence-corrected chi connectivity index (χ3v) is 4.38. The number of benzene rings is 1. The summed E-state index contributed by atoms with van der Waals surface area (Å²) in [4.78, 5) is 14.2. The average molecular weight is 295 g/mol. The van der Waals surface area contributed by atoms with Crippen molar-refractivity contribution in [2.45, 2.75) is 38.6 Å². The zero-order valence-electron chi connectivity index (χ0n) is 12.2. The molecule has 4 heteroatoms. The predicted octanol–water partition coefficient (Wildman–Crippen LogP) is 3.79. The van der Waals surface area contributed by atoms with Crippen LogP contribution in [0.15, 0.2) is 24.3 Å². The van der Waals surface area contributed by atoms with E-state index in [-0.39, 0.29) is 5.91 Å². The standard InChI is InChI=1S/C16H23ClN2O/c1-12-3-9-15(10-4-12)19(2)11-16(20)18-14-7-5-13(17)6-8-14/h5-8,12,15H,3-4,9-11H2,1-2H3,(H,18,20). The Morgan fingerprint density at radius 3 is 2.45 bits per heavy atom. The zero-order valence-corrected chi connectivity index (χ0v) is 13.0. The molecular formula is C16H23ClN2O. The van der Waals surface area contributed by atoms with Crippen molar-refractivity contribution in [3.63, 3.8) is 0 Å². The maximum atomic E-state index is 12.0. The second kappa shape index (κ2) is 7.09. The Kier molecular flexibility index (Phi) is 5.44. The zero-order chi connectivity index (χ0) is 14.5. The van der Waals surface area contributed by atoms with Gasteiger partial charge in [-0.05, 0) is 62.9 Å². The molecule has 0 atom stereocenters. The summed E-state index contributed by atoms with van der Waals surface area (Å²) >= 11 is 5.82. The van der Waals surface area contributed by atoms with E-state index in [0.717, 1.165) is 11.6 Å². The maximum Gasteiger partial charge on any atom is 0.238 e. The van der Waals surface area contributed by atoms with E-state index in [2.05, 4.69) is 17.1 Å². The van der Waals surface area contributed by atoms with Crippen molar-refractivity contribution in [3.05, 3.63) is 29.3 Å². The van der Waals surface area contributed by atoms with Crippen molar-refractivity contribution in [1.82, 2.24) is 4.90 Å². The number of rotatable bonds is 4. The van der Waals surface area contributed by atoms with Crippen molar-refractivity contribution in [2.75, 3.05) is 18.9 Å². The molecule has 110 valence electrons. The fourth-order valence-corrected chi connectivity index (χ4v) is 2.90. The van der Waals surface area contributed by atoms with Crippen LogP contribution in [0.25, 0.3) is 0 Å². The van der Waals surface area contributed by atoms with Gasteiger partial charge in [0.05, 0.1) is 6.54 Å². The van der Waals surface area contributed by atoms with Gasteiger partial charge in [0.1, 0.15) is 0 Å². The van der Waals surface area contributed by atoms with Crippen LogP contribution in [0.4, 0.5) is 5.69 Å². The Balaban J connectivity index is 1.80. The lowest BCUT2D eigenvalue weighted by atomic mass is 9.87. The SMILES string of the molecule is CC1CCC(N(C)CC(=O)Nc2ccc(Cl)cc2)CC1. The summed E-state index contributed by atoms with van der Waals surface area (Å²) in [5.41, 5.74) is 0.796. The molecule has 0 aliphatic heterocycles. The average Bonchev–Trinajstić information content (AvgIpc) is 2.42. The largest absolute Gasteiger partial charge is 0.325 e. The van der Waals surface area contributed by atoms with Gasteiger partial charge in [-0.15, -0.1) is 0 Å². The summed E-state index contributed by atoms with van der Waals surface area (Å²) in [7, 11) is 2.04. The van der Waals surface area contributed by atoms with Crippen LogP contribution in [-0.2, 0) is 4.79 Å². The van der Waals surface area contributed by atoms with E-state index >= 15 is 0 Å². The summed E-state index contributed by atoms with van der Waals surface area (Å²) in [6, 6.07) is 7.75. The molecule has 0 unspecified atom stereocenters. The first kappa shape index (κ1) is 15.3. The van der Waals surface area contributed by atoms with Crippen LogP contribution in [0.3, 0.4) is 0 Å². The van der Waals surface area contributed by atoms with Gasteiger partial charge < -0.3 is 5.32 Å². The minimum atomic E-state index is 0.0356. The van der Waals surface area contributed by atoms with E-state index in [0.29, 0.717) is 17.6 Å². The molecule has 2 rings (SSSR count). The predicted molar refractivity (Wildman–Crippen MR) is 84.1 cm³/mol. The Bertz CT molecular complexity index is 438. The van der Waals surface area contributed by atoms with Crippen LogP contribution < -0.4 is 5.32 Å². The van der Waals surface area contributed by atoms with Crippen molar-refractivity contribution in [3.8, 4) is 0 Å². The van der Waals surface area contributed by atoms with E-state index in [1.807, 2.05) is 19.2 Å². The Morgan fingerprint density at radius 1 is 1.25 bits per heavy atom. The van der Waals surface area contributed by atoms with E-state index in [4.69, 9.17) is 11.6 Å². The number of likely N-dealkylation sites (N-methyl/N-ethyl adjacent to an activating group) is 1. The first-order chi connectivity index (χ1) is 9.54. The normalized spacial score (nSPS) is 22.8. The molecule has 0 saturated heterocycles. The van der Waals surface area contributed by atoms with Crippen molar-refractivity contribution in [1.29, 1.82) is 0 Å². The van der Waals surface area contributed by atoms with Gasteiger partial charge in [-0.1, -0.05) is 18.5 Å². The summed E-state index contributed by atoms with van der Waals surface area (Å²) in [6.07, 6.45) is 4.94. The second-order valence-electron chi connectivity index (χ2n) is 5.88. The Hall–Kier alpha value is -1.06. The minimum absolute atomic E-state index is 0.0356. The molecule has 1 aliphatic carbocycles. The van der Waals surface area contributed by atoms with Gasteiger partial charge in [0.2, 0.25) is 5.91 Å². The highest BCUT2D eigenvalue weighted by atomic mass is 35.5. The topological polar surface area (TPSA) is 32.3 Å². The minimum Gasteiger partial charge on any atom is -0.325 e. The Morgan fingerprint density at radius 2 is 1.85 bits per heavy atom. The fourth-order valence-electron chi connectivity index (χ4n) is 2.77. The first-order valence-corrected chi connectivity index (χ1v) is 7.68. The highest BCUT2D eigenvalue weighted by Crippen LogP contribution is 2.26. The number of amides is 1. The lowest BCUT2D eigenvalue weighted by Crippen LogP contribution is -2.39. The molecule has 1 fully saturated rings. The summed E-state index contributed by atoms with van der Waals surface area (Å²) in [5.74, 6) is 0.871. The van der Waals surface area contributed by atoms with Crippen LogP contribution in [0.5, 0.6) is 0 Å². The second-order valence-corrected chi connectivity index (χ2v) is 6.32. The number of hydrogen-bond acceptors (Lipinski definition) is 2. The van der Waals surface area contributed by atoms with Gasteiger partial charge in [0.25, 0.3) is 0 Å². The van der Waals surface area contributed by atoms with Crippen LogP contribution in [0, 0.1) is 5.92 Å². The van der Waals surface area contributed by atoms with Crippen LogP contribution in [-0.4, -0.2) is 30.4 Å². The van der Waals surface area contributed by atoms with Crippen molar-refractivity contribution >= 4 is 23.2 Å². The van der Waals surface area contributed by atoms with Crippen LogP contribution in [0.2, 0.25) is 5.02 Å². The van der Waals surface area contributed by atoms with Crippen LogP contribution in [0.1, 0.15) is 32.6 Å². The number of hydrogen-bond donors (Lipinski definition) is 1. The van der Waals surface area contributed by atoms with Gasteiger partial charge in [-0.3, -0.25) is 9.69 Å². The van der Waals surface area contributed by atoms with Gasteiger partial charge >= 0.3 is 0 Å². The molecule has 0 spiro atoms. The van der Waals surface area contributed by atoms with E-state index in [1.165, 1.54) is 25.7 Å². The monoisotopic (exact) mass is 294 g/mol. The number of nitrogens with zero attached hydrogens (tertiary/aromatic N) is 1. The van der Waals surface area contributed by atoms with Gasteiger partial charge in [0, 0.05) is 16.8 Å². The van der Waals surface area contributed by atoms with Crippen molar-refractivity contribution in [2.24, 2.45) is 5.92 Å². The molecular weight excluding hydrogens is 272 g/mol. The molecule has 0 radical (unpaired) electrons. The molecule has 1 amide bonds. The van der Waals surface area contributed by atoms with Gasteiger partial charge in [-0.2, -0.15) is 0 Å². The number of halogens is 1. The third-order valence-electron chi connectivity index (χ3n) is 4.13. The molecule has 3 nitrogen and oxygen atoms in total. The quantitative estimate of drug-likeness (QED) is 0.916. The molecule has 1 aromatic rings. The van der Waals surface area contributed by atoms with Gasteiger partial charge in [-0.25, -0.2) is 0 Å². The van der Waals surface area contributed by atoms with E-state index < -0.39 is 0 Å².